The van der Waals surface area contributed by atoms with Crippen molar-refractivity contribution in [1.82, 2.24) is 4.90 Å². The number of hydrogen-bond donors (Lipinski definition) is 1. The fraction of sp³-hybridized carbons (Fsp3) is 0.455. The number of hydrogen-bond acceptors (Lipinski definition) is 4. The maximum Gasteiger partial charge on any atom is 0.327 e. The molecule has 17 heavy (non-hydrogen) atoms. The SMILES string of the molecule is CC(CNc1cccc(F)c1[N+](=O)[O-])N(C)C. The number of nitrogens with one attached hydrogen (secondary N) is 1. The Labute approximate surface area is 99.4 Å². The third-order valence-electron chi connectivity index (χ3n) is 2.64. The molecule has 0 aliphatic carbocycles. The van der Waals surface area contributed by atoms with Gasteiger partial charge in [0.1, 0.15) is 5.69 Å². The highest BCUT2D eigenvalue weighted by molar-refractivity contribution is 5.61. The second-order valence-corrected chi connectivity index (χ2v) is 4.09. The topological polar surface area (TPSA) is 58.4 Å². The number of para-hydroxylation sites is 1. The molecule has 0 saturated heterocycles. The maximum absolute atomic E-state index is 13.3. The molecule has 0 heterocycles. The lowest BCUT2D eigenvalue weighted by Gasteiger charge is -2.20. The number of nitrogens with zero attached hydrogens (tertiary/aromatic N) is 2. The van der Waals surface area contributed by atoms with Crippen molar-refractivity contribution in [2.24, 2.45) is 0 Å². The highest BCUT2D eigenvalue weighted by Crippen LogP contribution is 2.27. The first kappa shape index (κ1) is 13.4. The van der Waals surface area contributed by atoms with Crippen LogP contribution >= 0.6 is 0 Å². The monoisotopic (exact) mass is 241 g/mol. The molecular weight excluding hydrogens is 225 g/mol. The lowest BCUT2D eigenvalue weighted by atomic mass is 10.2. The molecule has 1 atom stereocenters. The van der Waals surface area contributed by atoms with Gasteiger partial charge in [-0.2, -0.15) is 4.39 Å². The highest BCUT2D eigenvalue weighted by atomic mass is 19.1. The van der Waals surface area contributed by atoms with Crippen LogP contribution in [-0.2, 0) is 0 Å². The minimum absolute atomic E-state index is 0.192. The van der Waals surface area contributed by atoms with Crippen molar-refractivity contribution in [3.05, 3.63) is 34.1 Å². The smallest absolute Gasteiger partial charge is 0.327 e. The average molecular weight is 241 g/mol. The van der Waals surface area contributed by atoms with E-state index < -0.39 is 16.4 Å². The molecule has 94 valence electrons. The fourth-order valence-corrected chi connectivity index (χ4v) is 1.28. The molecule has 0 bridgehead atoms. The van der Waals surface area contributed by atoms with Crippen LogP contribution < -0.4 is 5.32 Å². The second kappa shape index (κ2) is 5.58. The molecule has 1 rings (SSSR count). The van der Waals surface area contributed by atoms with Gasteiger partial charge in [0.25, 0.3) is 0 Å². The zero-order valence-electron chi connectivity index (χ0n) is 10.1. The molecule has 0 radical (unpaired) electrons. The summed E-state index contributed by atoms with van der Waals surface area (Å²) in [5, 5.41) is 13.6. The zero-order valence-corrected chi connectivity index (χ0v) is 10.1. The summed E-state index contributed by atoms with van der Waals surface area (Å²) >= 11 is 0. The molecule has 5 nitrogen and oxygen atoms in total. The van der Waals surface area contributed by atoms with Crippen LogP contribution in [0.15, 0.2) is 18.2 Å². The van der Waals surface area contributed by atoms with Crippen molar-refractivity contribution in [3.8, 4) is 0 Å². The van der Waals surface area contributed by atoms with E-state index in [1.165, 1.54) is 12.1 Å². The predicted molar refractivity (Wildman–Crippen MR) is 64.7 cm³/mol. The predicted octanol–water partition coefficient (Wildman–Crippen LogP) is 2.10. The van der Waals surface area contributed by atoms with Crippen LogP contribution in [0.25, 0.3) is 0 Å². The van der Waals surface area contributed by atoms with Crippen molar-refractivity contribution < 1.29 is 9.31 Å². The van der Waals surface area contributed by atoms with Gasteiger partial charge < -0.3 is 10.2 Å². The molecule has 0 saturated carbocycles. The Bertz CT molecular complexity index is 410. The van der Waals surface area contributed by atoms with Gasteiger partial charge in [0, 0.05) is 12.6 Å². The number of anilines is 1. The van der Waals surface area contributed by atoms with Crippen LogP contribution in [0.1, 0.15) is 6.92 Å². The summed E-state index contributed by atoms with van der Waals surface area (Å²) in [4.78, 5) is 12.0. The van der Waals surface area contributed by atoms with Gasteiger partial charge in [0.2, 0.25) is 5.82 Å². The molecular formula is C11H16FN3O2. The van der Waals surface area contributed by atoms with Crippen LogP contribution in [0.4, 0.5) is 15.8 Å². The summed E-state index contributed by atoms with van der Waals surface area (Å²) in [5.74, 6) is -0.822. The number of halogens is 1. The highest BCUT2D eigenvalue weighted by Gasteiger charge is 2.19. The summed E-state index contributed by atoms with van der Waals surface area (Å²) in [6, 6.07) is 4.23. The Balaban J connectivity index is 2.84. The summed E-state index contributed by atoms with van der Waals surface area (Å²) in [6.07, 6.45) is 0. The molecule has 0 fully saturated rings. The van der Waals surface area contributed by atoms with Crippen LogP contribution in [0.2, 0.25) is 0 Å². The third kappa shape index (κ3) is 3.39. The van der Waals surface area contributed by atoms with Gasteiger partial charge in [-0.3, -0.25) is 10.1 Å². The van der Waals surface area contributed by atoms with E-state index in [0.29, 0.717) is 6.54 Å². The molecule has 0 amide bonds. The molecule has 1 unspecified atom stereocenters. The number of nitro benzene ring substituents is 1. The Morgan fingerprint density at radius 1 is 1.53 bits per heavy atom. The quantitative estimate of drug-likeness (QED) is 0.633. The molecule has 1 aromatic carbocycles. The van der Waals surface area contributed by atoms with Crippen LogP contribution in [-0.4, -0.2) is 36.5 Å². The molecule has 0 aromatic heterocycles. The minimum Gasteiger partial charge on any atom is -0.378 e. The van der Waals surface area contributed by atoms with E-state index in [9.17, 15) is 14.5 Å². The first-order chi connectivity index (χ1) is 7.93. The van der Waals surface area contributed by atoms with E-state index in [1.807, 2.05) is 25.9 Å². The summed E-state index contributed by atoms with van der Waals surface area (Å²) in [7, 11) is 3.82. The van der Waals surface area contributed by atoms with Crippen LogP contribution in [0.5, 0.6) is 0 Å². The van der Waals surface area contributed by atoms with E-state index in [1.54, 1.807) is 0 Å². The van der Waals surface area contributed by atoms with Gasteiger partial charge in [-0.25, -0.2) is 0 Å². The molecule has 0 aliphatic heterocycles. The second-order valence-electron chi connectivity index (χ2n) is 4.09. The normalized spacial score (nSPS) is 12.5. The van der Waals surface area contributed by atoms with Crippen LogP contribution in [0.3, 0.4) is 0 Å². The Hall–Kier alpha value is -1.69. The summed E-state index contributed by atoms with van der Waals surface area (Å²) < 4.78 is 13.3. The minimum atomic E-state index is -0.822. The number of nitro groups is 1. The Kier molecular flexibility index (Phi) is 4.39. The fourth-order valence-electron chi connectivity index (χ4n) is 1.28. The first-order valence-corrected chi connectivity index (χ1v) is 5.26. The average Bonchev–Trinajstić information content (AvgIpc) is 2.24. The molecule has 6 heteroatoms. The molecule has 0 aliphatic rings. The van der Waals surface area contributed by atoms with E-state index in [4.69, 9.17) is 0 Å². The number of rotatable bonds is 5. The number of benzene rings is 1. The third-order valence-corrected chi connectivity index (χ3v) is 2.64. The van der Waals surface area contributed by atoms with E-state index >= 15 is 0 Å². The van der Waals surface area contributed by atoms with Crippen LogP contribution in [0, 0.1) is 15.9 Å². The molecule has 1 N–H and O–H groups in total. The lowest BCUT2D eigenvalue weighted by Crippen LogP contribution is -2.31. The standard InChI is InChI=1S/C11H16FN3O2/c1-8(14(2)3)7-13-10-6-4-5-9(12)11(10)15(16)17/h4-6,8,13H,7H2,1-3H3. The Morgan fingerprint density at radius 3 is 2.71 bits per heavy atom. The first-order valence-electron chi connectivity index (χ1n) is 5.26. The van der Waals surface area contributed by atoms with Gasteiger partial charge >= 0.3 is 5.69 Å². The van der Waals surface area contributed by atoms with E-state index in [2.05, 4.69) is 5.32 Å². The van der Waals surface area contributed by atoms with Crippen molar-refractivity contribution in [3.63, 3.8) is 0 Å². The van der Waals surface area contributed by atoms with Gasteiger partial charge in [-0.05, 0) is 33.2 Å². The summed E-state index contributed by atoms with van der Waals surface area (Å²) in [6.45, 7) is 2.48. The maximum atomic E-state index is 13.3. The van der Waals surface area contributed by atoms with Gasteiger partial charge in [0.15, 0.2) is 0 Å². The van der Waals surface area contributed by atoms with Gasteiger partial charge in [-0.1, -0.05) is 6.07 Å². The molecule has 0 spiro atoms. The zero-order chi connectivity index (χ0) is 13.0. The lowest BCUT2D eigenvalue weighted by molar-refractivity contribution is -0.386. The van der Waals surface area contributed by atoms with Crippen molar-refractivity contribution in [2.45, 2.75) is 13.0 Å². The largest absolute Gasteiger partial charge is 0.378 e. The van der Waals surface area contributed by atoms with E-state index in [-0.39, 0.29) is 11.7 Å². The van der Waals surface area contributed by atoms with Gasteiger partial charge in [-0.15, -0.1) is 0 Å². The summed E-state index contributed by atoms with van der Waals surface area (Å²) in [5.41, 5.74) is -0.290. The van der Waals surface area contributed by atoms with Crippen molar-refractivity contribution >= 4 is 11.4 Å². The molecule has 1 aromatic rings. The van der Waals surface area contributed by atoms with Gasteiger partial charge in [0.05, 0.1) is 4.92 Å². The van der Waals surface area contributed by atoms with Crippen molar-refractivity contribution in [2.75, 3.05) is 26.0 Å². The number of likely N-dealkylation sites (N-methyl/N-ethyl adjacent to an activating group) is 1. The van der Waals surface area contributed by atoms with Crippen molar-refractivity contribution in [1.29, 1.82) is 0 Å². The van der Waals surface area contributed by atoms with E-state index in [0.717, 1.165) is 6.07 Å². The Morgan fingerprint density at radius 2 is 2.18 bits per heavy atom.